The van der Waals surface area contributed by atoms with E-state index in [9.17, 15) is 9.90 Å². The Morgan fingerprint density at radius 2 is 2.06 bits per heavy atom. The lowest BCUT2D eigenvalue weighted by atomic mass is 10.0. The zero-order valence-corrected chi connectivity index (χ0v) is 17.1. The van der Waals surface area contributed by atoms with Gasteiger partial charge in [0.2, 0.25) is 5.88 Å². The molecule has 1 amide bonds. The molecule has 1 aliphatic carbocycles. The molecule has 2 heterocycles. The summed E-state index contributed by atoms with van der Waals surface area (Å²) in [5, 5.41) is 13.5. The minimum atomic E-state index is -0.0909. The molecule has 0 saturated heterocycles. The van der Waals surface area contributed by atoms with Gasteiger partial charge < -0.3 is 20.1 Å². The van der Waals surface area contributed by atoms with E-state index >= 15 is 0 Å². The van der Waals surface area contributed by atoms with Crippen LogP contribution < -0.4 is 10.1 Å². The van der Waals surface area contributed by atoms with Crippen molar-refractivity contribution in [3.05, 3.63) is 60.3 Å². The Bertz CT molecular complexity index is 1280. The monoisotopic (exact) mass is 414 g/mol. The first kappa shape index (κ1) is 19.1. The van der Waals surface area contributed by atoms with Gasteiger partial charge in [0.15, 0.2) is 0 Å². The fourth-order valence-electron chi connectivity index (χ4n) is 3.60. The molecule has 5 rings (SSSR count). The highest BCUT2D eigenvalue weighted by Gasteiger charge is 2.22. The summed E-state index contributed by atoms with van der Waals surface area (Å²) in [6, 6.07) is 14.4. The number of carbonyl (C=O) groups is 1. The molecule has 156 valence electrons. The molecule has 0 unspecified atom stereocenters. The Balaban J connectivity index is 1.49. The smallest absolute Gasteiger partial charge is 0.251 e. The number of imidazole rings is 1. The van der Waals surface area contributed by atoms with Gasteiger partial charge in [0.05, 0.1) is 23.7 Å². The first-order valence-corrected chi connectivity index (χ1v) is 10.2. The average Bonchev–Trinajstić information content (AvgIpc) is 3.54. The second kappa shape index (κ2) is 7.75. The highest BCUT2D eigenvalue weighted by Crippen LogP contribution is 2.35. The summed E-state index contributed by atoms with van der Waals surface area (Å²) in [5.41, 5.74) is 4.24. The Labute approximate surface area is 179 Å². The third-order valence-corrected chi connectivity index (χ3v) is 5.52. The number of fused-ring (bicyclic) bond motifs is 1. The number of hydrogen-bond acceptors (Lipinski definition) is 5. The lowest BCUT2D eigenvalue weighted by molar-refractivity contribution is 0.0952. The number of pyridine rings is 1. The molecule has 31 heavy (non-hydrogen) atoms. The van der Waals surface area contributed by atoms with Crippen molar-refractivity contribution in [2.24, 2.45) is 5.92 Å². The van der Waals surface area contributed by atoms with Gasteiger partial charge in [-0.3, -0.25) is 4.79 Å². The fraction of sp³-hybridized carbons (Fsp3) is 0.208. The quantitative estimate of drug-likeness (QED) is 0.440. The first-order chi connectivity index (χ1) is 15.1. The standard InChI is InChI=1S/C24H22N4O3/c1-31-24-17(3-2-10-25-24)15-7-9-21(29)18(11-15)22-27-19-8-6-16(12-20(19)28-22)23(30)26-13-14-4-5-14/h2-3,6-12,14,29H,4-5,13H2,1H3,(H,26,30)(H,27,28). The van der Waals surface area contributed by atoms with Crippen molar-refractivity contribution < 1.29 is 14.6 Å². The SMILES string of the molecule is COc1ncccc1-c1ccc(O)c(-c2nc3cc(C(=O)NCC4CC4)ccc3[nH]2)c1. The van der Waals surface area contributed by atoms with E-state index in [4.69, 9.17) is 4.74 Å². The van der Waals surface area contributed by atoms with Crippen molar-refractivity contribution in [1.29, 1.82) is 0 Å². The summed E-state index contributed by atoms with van der Waals surface area (Å²) < 4.78 is 5.36. The number of phenols is 1. The van der Waals surface area contributed by atoms with E-state index in [1.165, 1.54) is 12.8 Å². The number of hydrogen-bond donors (Lipinski definition) is 3. The largest absolute Gasteiger partial charge is 0.507 e. The maximum absolute atomic E-state index is 12.4. The number of ether oxygens (including phenoxy) is 1. The normalized spacial score (nSPS) is 13.3. The van der Waals surface area contributed by atoms with Crippen LogP contribution in [0.3, 0.4) is 0 Å². The molecule has 2 aromatic heterocycles. The Morgan fingerprint density at radius 3 is 2.87 bits per heavy atom. The molecule has 0 aliphatic heterocycles. The van der Waals surface area contributed by atoms with E-state index in [1.54, 1.807) is 31.5 Å². The Hall–Kier alpha value is -3.87. The van der Waals surface area contributed by atoms with Gasteiger partial charge in [-0.2, -0.15) is 0 Å². The van der Waals surface area contributed by atoms with Crippen molar-refractivity contribution in [1.82, 2.24) is 20.3 Å². The number of rotatable bonds is 6. The maximum atomic E-state index is 12.4. The number of phenolic OH excluding ortho intramolecular Hbond substituents is 1. The molecule has 1 saturated carbocycles. The summed E-state index contributed by atoms with van der Waals surface area (Å²) in [6.07, 6.45) is 4.05. The van der Waals surface area contributed by atoms with Crippen molar-refractivity contribution >= 4 is 16.9 Å². The Kier molecular flexibility index (Phi) is 4.78. The van der Waals surface area contributed by atoms with E-state index in [2.05, 4.69) is 20.3 Å². The topological polar surface area (TPSA) is 100 Å². The summed E-state index contributed by atoms with van der Waals surface area (Å²) in [5.74, 6) is 1.66. The molecule has 4 aromatic rings. The lowest BCUT2D eigenvalue weighted by Crippen LogP contribution is -2.25. The molecule has 7 nitrogen and oxygen atoms in total. The average molecular weight is 414 g/mol. The molecule has 1 fully saturated rings. The molecule has 0 atom stereocenters. The highest BCUT2D eigenvalue weighted by molar-refractivity contribution is 5.97. The highest BCUT2D eigenvalue weighted by atomic mass is 16.5. The van der Waals surface area contributed by atoms with E-state index < -0.39 is 0 Å². The minimum absolute atomic E-state index is 0.0909. The van der Waals surface area contributed by atoms with Crippen LogP contribution in [0, 0.1) is 5.92 Å². The van der Waals surface area contributed by atoms with Crippen LogP contribution in [0.1, 0.15) is 23.2 Å². The van der Waals surface area contributed by atoms with E-state index in [1.807, 2.05) is 30.3 Å². The number of H-pyrrole nitrogens is 1. The summed E-state index contributed by atoms with van der Waals surface area (Å²) >= 11 is 0. The van der Waals surface area contributed by atoms with Gasteiger partial charge in [-0.1, -0.05) is 6.07 Å². The van der Waals surface area contributed by atoms with Crippen LogP contribution in [0.5, 0.6) is 11.6 Å². The van der Waals surface area contributed by atoms with Crippen molar-refractivity contribution in [2.45, 2.75) is 12.8 Å². The minimum Gasteiger partial charge on any atom is -0.507 e. The van der Waals surface area contributed by atoms with Gasteiger partial charge in [-0.05, 0) is 66.8 Å². The van der Waals surface area contributed by atoms with Gasteiger partial charge in [0.1, 0.15) is 11.6 Å². The van der Waals surface area contributed by atoms with Crippen LogP contribution in [-0.2, 0) is 0 Å². The number of nitrogens with zero attached hydrogens (tertiary/aromatic N) is 2. The van der Waals surface area contributed by atoms with Crippen LogP contribution >= 0.6 is 0 Å². The second-order valence-electron chi connectivity index (χ2n) is 7.76. The second-order valence-corrected chi connectivity index (χ2v) is 7.76. The number of benzene rings is 2. The van der Waals surface area contributed by atoms with Crippen LogP contribution in [0.15, 0.2) is 54.7 Å². The van der Waals surface area contributed by atoms with Crippen LogP contribution in [-0.4, -0.2) is 39.6 Å². The molecular weight excluding hydrogens is 392 g/mol. The lowest BCUT2D eigenvalue weighted by Gasteiger charge is -2.09. The molecule has 0 radical (unpaired) electrons. The number of nitrogens with one attached hydrogen (secondary N) is 2. The number of aromatic hydroxyl groups is 1. The number of aromatic nitrogens is 3. The summed E-state index contributed by atoms with van der Waals surface area (Å²) in [6.45, 7) is 0.723. The molecule has 2 aromatic carbocycles. The number of aromatic amines is 1. The molecule has 3 N–H and O–H groups in total. The van der Waals surface area contributed by atoms with Crippen molar-refractivity contribution in [2.75, 3.05) is 13.7 Å². The fourth-order valence-corrected chi connectivity index (χ4v) is 3.60. The van der Waals surface area contributed by atoms with Crippen molar-refractivity contribution in [3.63, 3.8) is 0 Å². The summed E-state index contributed by atoms with van der Waals surface area (Å²) in [4.78, 5) is 24.5. The van der Waals surface area contributed by atoms with Crippen LogP contribution in [0.4, 0.5) is 0 Å². The van der Waals surface area contributed by atoms with Gasteiger partial charge >= 0.3 is 0 Å². The van der Waals surface area contributed by atoms with Gasteiger partial charge in [-0.25, -0.2) is 9.97 Å². The predicted octanol–water partition coefficient (Wildman–Crippen LogP) is 4.15. The summed E-state index contributed by atoms with van der Waals surface area (Å²) in [7, 11) is 1.57. The zero-order valence-electron chi connectivity index (χ0n) is 17.1. The van der Waals surface area contributed by atoms with Crippen LogP contribution in [0.25, 0.3) is 33.5 Å². The Morgan fingerprint density at radius 1 is 1.19 bits per heavy atom. The molecule has 0 spiro atoms. The number of amides is 1. The van der Waals surface area contributed by atoms with E-state index in [0.29, 0.717) is 34.3 Å². The first-order valence-electron chi connectivity index (χ1n) is 10.2. The number of carbonyl (C=O) groups excluding carboxylic acids is 1. The van der Waals surface area contributed by atoms with E-state index in [-0.39, 0.29) is 11.7 Å². The van der Waals surface area contributed by atoms with Crippen LogP contribution in [0.2, 0.25) is 0 Å². The predicted molar refractivity (Wildman–Crippen MR) is 118 cm³/mol. The van der Waals surface area contributed by atoms with E-state index in [0.717, 1.165) is 23.2 Å². The van der Waals surface area contributed by atoms with Crippen molar-refractivity contribution in [3.8, 4) is 34.1 Å². The van der Waals surface area contributed by atoms with Gasteiger partial charge in [0, 0.05) is 23.9 Å². The van der Waals surface area contributed by atoms with Gasteiger partial charge in [0.25, 0.3) is 5.91 Å². The van der Waals surface area contributed by atoms with Gasteiger partial charge in [-0.15, -0.1) is 0 Å². The molecule has 0 bridgehead atoms. The third kappa shape index (κ3) is 3.82. The maximum Gasteiger partial charge on any atom is 0.251 e. The number of methoxy groups -OCH3 is 1. The third-order valence-electron chi connectivity index (χ3n) is 5.52. The zero-order chi connectivity index (χ0) is 21.4. The molecule has 1 aliphatic rings. The molecular formula is C24H22N4O3. The molecule has 7 heteroatoms.